The summed E-state index contributed by atoms with van der Waals surface area (Å²) in [6.45, 7) is 7.89. The number of aromatic nitrogens is 1. The molecule has 0 aliphatic carbocycles. The molecule has 1 heterocycles. The third-order valence-corrected chi connectivity index (χ3v) is 3.49. The van der Waals surface area contributed by atoms with Gasteiger partial charge in [0.25, 0.3) is 0 Å². The summed E-state index contributed by atoms with van der Waals surface area (Å²) in [5, 5.41) is 3.31. The van der Waals surface area contributed by atoms with E-state index in [2.05, 4.69) is 39.2 Å². The summed E-state index contributed by atoms with van der Waals surface area (Å²) in [6, 6.07) is 10.1. The molecule has 0 saturated carbocycles. The van der Waals surface area contributed by atoms with Crippen molar-refractivity contribution in [3.8, 4) is 11.6 Å². The van der Waals surface area contributed by atoms with Crippen molar-refractivity contribution in [1.29, 1.82) is 0 Å². The first kappa shape index (κ1) is 15.0. The van der Waals surface area contributed by atoms with E-state index >= 15 is 0 Å². The minimum Gasteiger partial charge on any atom is -0.438 e. The zero-order valence-electron chi connectivity index (χ0n) is 12.0. The molecule has 0 atom stereocenters. The average Bonchev–Trinajstić information content (AvgIpc) is 2.39. The van der Waals surface area contributed by atoms with Crippen LogP contribution in [0.25, 0.3) is 0 Å². The largest absolute Gasteiger partial charge is 0.438 e. The van der Waals surface area contributed by atoms with Gasteiger partial charge in [0.1, 0.15) is 5.75 Å². The van der Waals surface area contributed by atoms with Gasteiger partial charge in [-0.05, 0) is 65.6 Å². The molecule has 2 rings (SSSR count). The van der Waals surface area contributed by atoms with E-state index in [-0.39, 0.29) is 0 Å². The molecular weight excluding hydrogens is 316 g/mol. The summed E-state index contributed by atoms with van der Waals surface area (Å²) in [5.74, 6) is 1.41. The number of benzene rings is 1. The van der Waals surface area contributed by atoms with Crippen molar-refractivity contribution in [2.45, 2.75) is 27.3 Å². The Morgan fingerprint density at radius 2 is 2.00 bits per heavy atom. The van der Waals surface area contributed by atoms with E-state index in [0.29, 0.717) is 5.88 Å². The van der Waals surface area contributed by atoms with Gasteiger partial charge in [-0.25, -0.2) is 4.98 Å². The predicted molar refractivity (Wildman–Crippen MR) is 85.3 cm³/mol. The van der Waals surface area contributed by atoms with E-state index in [0.717, 1.165) is 29.0 Å². The molecule has 2 aromatic rings. The van der Waals surface area contributed by atoms with Gasteiger partial charge >= 0.3 is 0 Å². The van der Waals surface area contributed by atoms with Gasteiger partial charge in [-0.15, -0.1) is 0 Å². The second-order valence-corrected chi connectivity index (χ2v) is 5.63. The Bertz CT molecular complexity index is 599. The summed E-state index contributed by atoms with van der Waals surface area (Å²) < 4.78 is 6.82. The Labute approximate surface area is 128 Å². The molecule has 20 heavy (non-hydrogen) atoms. The number of halogens is 1. The molecule has 0 spiro atoms. The smallest absolute Gasteiger partial charge is 0.219 e. The van der Waals surface area contributed by atoms with Crippen molar-refractivity contribution in [3.63, 3.8) is 0 Å². The fourth-order valence-electron chi connectivity index (χ4n) is 1.93. The van der Waals surface area contributed by atoms with Crippen LogP contribution >= 0.6 is 15.9 Å². The SMILES string of the molecule is CCNCc1cc(C)nc(Oc2ccc(C)cc2Br)c1. The minimum absolute atomic E-state index is 0.627. The summed E-state index contributed by atoms with van der Waals surface area (Å²) in [6.07, 6.45) is 0. The predicted octanol–water partition coefficient (Wildman–Crippen LogP) is 4.36. The first-order valence-electron chi connectivity index (χ1n) is 6.70. The van der Waals surface area contributed by atoms with Crippen LogP contribution in [0.4, 0.5) is 0 Å². The molecule has 0 bridgehead atoms. The van der Waals surface area contributed by atoms with Crippen molar-refractivity contribution < 1.29 is 4.74 Å². The number of ether oxygens (including phenoxy) is 1. The van der Waals surface area contributed by atoms with Gasteiger partial charge in [0.2, 0.25) is 5.88 Å². The summed E-state index contributed by atoms with van der Waals surface area (Å²) in [5.41, 5.74) is 3.32. The van der Waals surface area contributed by atoms with Crippen LogP contribution in [0.3, 0.4) is 0 Å². The second kappa shape index (κ2) is 6.86. The molecular formula is C16H19BrN2O. The fourth-order valence-corrected chi connectivity index (χ4v) is 2.51. The number of pyridine rings is 1. The molecule has 0 aliphatic rings. The number of aryl methyl sites for hydroxylation is 2. The maximum atomic E-state index is 5.88. The van der Waals surface area contributed by atoms with E-state index in [1.54, 1.807) is 0 Å². The van der Waals surface area contributed by atoms with Gasteiger partial charge in [0.05, 0.1) is 4.47 Å². The van der Waals surface area contributed by atoms with Gasteiger partial charge in [0.15, 0.2) is 0 Å². The van der Waals surface area contributed by atoms with Gasteiger partial charge < -0.3 is 10.1 Å². The van der Waals surface area contributed by atoms with Crippen molar-refractivity contribution in [3.05, 3.63) is 51.6 Å². The van der Waals surface area contributed by atoms with Crippen LogP contribution in [0.15, 0.2) is 34.8 Å². The van der Waals surface area contributed by atoms with E-state index in [9.17, 15) is 0 Å². The van der Waals surface area contributed by atoms with E-state index in [1.165, 1.54) is 11.1 Å². The van der Waals surface area contributed by atoms with Crippen LogP contribution < -0.4 is 10.1 Å². The molecule has 0 aliphatic heterocycles. The van der Waals surface area contributed by atoms with Crippen molar-refractivity contribution in [2.75, 3.05) is 6.54 Å². The highest BCUT2D eigenvalue weighted by Crippen LogP contribution is 2.30. The van der Waals surface area contributed by atoms with Gasteiger partial charge in [-0.1, -0.05) is 13.0 Å². The topological polar surface area (TPSA) is 34.2 Å². The number of nitrogens with zero attached hydrogens (tertiary/aromatic N) is 1. The summed E-state index contributed by atoms with van der Waals surface area (Å²) in [4.78, 5) is 4.43. The highest BCUT2D eigenvalue weighted by molar-refractivity contribution is 9.10. The van der Waals surface area contributed by atoms with Crippen LogP contribution in [-0.2, 0) is 6.54 Å². The Morgan fingerprint density at radius 1 is 1.20 bits per heavy atom. The molecule has 1 aromatic carbocycles. The van der Waals surface area contributed by atoms with Crippen LogP contribution in [0, 0.1) is 13.8 Å². The Hall–Kier alpha value is -1.39. The lowest BCUT2D eigenvalue weighted by atomic mass is 10.2. The van der Waals surface area contributed by atoms with E-state index < -0.39 is 0 Å². The zero-order valence-corrected chi connectivity index (χ0v) is 13.6. The van der Waals surface area contributed by atoms with Gasteiger partial charge in [-0.2, -0.15) is 0 Å². The fraction of sp³-hybridized carbons (Fsp3) is 0.312. The van der Waals surface area contributed by atoms with Crippen molar-refractivity contribution in [2.24, 2.45) is 0 Å². The summed E-state index contributed by atoms with van der Waals surface area (Å²) in [7, 11) is 0. The monoisotopic (exact) mass is 334 g/mol. The normalized spacial score (nSPS) is 10.6. The molecule has 0 unspecified atom stereocenters. The Kier molecular flexibility index (Phi) is 5.15. The molecule has 3 nitrogen and oxygen atoms in total. The lowest BCUT2D eigenvalue weighted by Crippen LogP contribution is -2.12. The van der Waals surface area contributed by atoms with Gasteiger partial charge in [0, 0.05) is 18.3 Å². The molecule has 0 radical (unpaired) electrons. The molecule has 0 saturated heterocycles. The third kappa shape index (κ3) is 4.05. The quantitative estimate of drug-likeness (QED) is 0.881. The number of nitrogens with one attached hydrogen (secondary N) is 1. The lowest BCUT2D eigenvalue weighted by Gasteiger charge is -2.10. The maximum absolute atomic E-state index is 5.88. The van der Waals surface area contributed by atoms with Crippen LogP contribution in [-0.4, -0.2) is 11.5 Å². The molecule has 106 valence electrons. The van der Waals surface area contributed by atoms with E-state index in [4.69, 9.17) is 4.74 Å². The molecule has 0 fully saturated rings. The first-order chi connectivity index (χ1) is 9.58. The number of hydrogen-bond donors (Lipinski definition) is 1. The standard InChI is InChI=1S/C16H19BrN2O/c1-4-18-10-13-8-12(3)19-16(9-13)20-15-6-5-11(2)7-14(15)17/h5-9,18H,4,10H2,1-3H3. The molecule has 1 aromatic heterocycles. The highest BCUT2D eigenvalue weighted by atomic mass is 79.9. The number of hydrogen-bond acceptors (Lipinski definition) is 3. The third-order valence-electron chi connectivity index (χ3n) is 2.87. The molecule has 1 N–H and O–H groups in total. The zero-order chi connectivity index (χ0) is 14.5. The first-order valence-corrected chi connectivity index (χ1v) is 7.50. The van der Waals surface area contributed by atoms with Crippen LogP contribution in [0.1, 0.15) is 23.7 Å². The van der Waals surface area contributed by atoms with Crippen LogP contribution in [0.2, 0.25) is 0 Å². The second-order valence-electron chi connectivity index (χ2n) is 4.77. The lowest BCUT2D eigenvalue weighted by molar-refractivity contribution is 0.457. The van der Waals surface area contributed by atoms with E-state index in [1.807, 2.05) is 38.1 Å². The van der Waals surface area contributed by atoms with Gasteiger partial charge in [-0.3, -0.25) is 0 Å². The Morgan fingerprint density at radius 3 is 2.70 bits per heavy atom. The Balaban J connectivity index is 2.21. The van der Waals surface area contributed by atoms with Crippen molar-refractivity contribution >= 4 is 15.9 Å². The maximum Gasteiger partial charge on any atom is 0.219 e. The van der Waals surface area contributed by atoms with Crippen LogP contribution in [0.5, 0.6) is 11.6 Å². The molecule has 0 amide bonds. The molecule has 4 heteroatoms. The minimum atomic E-state index is 0.627. The average molecular weight is 335 g/mol. The number of rotatable bonds is 5. The summed E-state index contributed by atoms with van der Waals surface area (Å²) >= 11 is 3.52. The van der Waals surface area contributed by atoms with Crippen molar-refractivity contribution in [1.82, 2.24) is 10.3 Å². The highest BCUT2D eigenvalue weighted by Gasteiger charge is 2.06.